The first kappa shape index (κ1) is 16.4. The molecule has 1 amide bonds. The molecule has 7 heteroatoms. The number of nitrogens with zero attached hydrogens (tertiary/aromatic N) is 3. The number of halogens is 1. The van der Waals surface area contributed by atoms with Crippen LogP contribution in [-0.4, -0.2) is 21.7 Å². The van der Waals surface area contributed by atoms with Crippen LogP contribution < -0.4 is 5.43 Å². The fourth-order valence-electron chi connectivity index (χ4n) is 2.37. The second kappa shape index (κ2) is 6.98. The lowest BCUT2D eigenvalue weighted by Crippen LogP contribution is -2.17. The van der Waals surface area contributed by atoms with Crippen LogP contribution in [-0.2, 0) is 0 Å². The zero-order valence-electron chi connectivity index (χ0n) is 13.2. The molecule has 2 aromatic heterocycles. The molecule has 0 spiro atoms. The minimum Gasteiger partial charge on any atom is -0.294 e. The van der Waals surface area contributed by atoms with Crippen LogP contribution in [0.1, 0.15) is 27.3 Å². The Morgan fingerprint density at radius 2 is 2.08 bits per heavy atom. The summed E-state index contributed by atoms with van der Waals surface area (Å²) in [6, 6.07) is 8.65. The SMILES string of the molecule is Cc1cc(/C=N\NC(=O)c2ccc(Cl)cc2)c(C)n1-c1nccs1. The average molecular weight is 359 g/mol. The van der Waals surface area contributed by atoms with Crippen molar-refractivity contribution in [3.63, 3.8) is 0 Å². The molecular formula is C17H15ClN4OS. The minimum atomic E-state index is -0.281. The van der Waals surface area contributed by atoms with Crippen LogP contribution in [0.5, 0.6) is 0 Å². The van der Waals surface area contributed by atoms with Gasteiger partial charge in [-0.05, 0) is 44.2 Å². The summed E-state index contributed by atoms with van der Waals surface area (Å²) in [4.78, 5) is 16.3. The lowest BCUT2D eigenvalue weighted by molar-refractivity contribution is 0.0955. The number of aromatic nitrogens is 2. The van der Waals surface area contributed by atoms with Crippen LogP contribution in [0, 0.1) is 13.8 Å². The maximum Gasteiger partial charge on any atom is 0.271 e. The van der Waals surface area contributed by atoms with Gasteiger partial charge in [0.05, 0.1) is 6.21 Å². The first-order chi connectivity index (χ1) is 11.6. The van der Waals surface area contributed by atoms with Crippen molar-refractivity contribution >= 4 is 35.1 Å². The Balaban J connectivity index is 1.74. The summed E-state index contributed by atoms with van der Waals surface area (Å²) < 4.78 is 2.06. The van der Waals surface area contributed by atoms with E-state index in [4.69, 9.17) is 11.6 Å². The third-order valence-corrected chi connectivity index (χ3v) is 4.57. The van der Waals surface area contributed by atoms with Crippen LogP contribution in [0.4, 0.5) is 0 Å². The average Bonchev–Trinajstić information content (AvgIpc) is 3.16. The number of hydrogen-bond acceptors (Lipinski definition) is 4. The van der Waals surface area contributed by atoms with E-state index in [1.165, 1.54) is 0 Å². The van der Waals surface area contributed by atoms with Gasteiger partial charge in [0.2, 0.25) is 0 Å². The normalized spacial score (nSPS) is 11.1. The molecule has 0 saturated carbocycles. The predicted octanol–water partition coefficient (Wildman–Crippen LogP) is 3.97. The molecule has 3 aromatic rings. The zero-order valence-corrected chi connectivity index (χ0v) is 14.7. The van der Waals surface area contributed by atoms with Crippen LogP contribution in [0.2, 0.25) is 5.02 Å². The van der Waals surface area contributed by atoms with Crippen LogP contribution in [0.25, 0.3) is 5.13 Å². The maximum absolute atomic E-state index is 12.0. The minimum absolute atomic E-state index is 0.281. The molecular weight excluding hydrogens is 344 g/mol. The molecule has 0 radical (unpaired) electrons. The number of nitrogens with one attached hydrogen (secondary N) is 1. The number of hydrazone groups is 1. The molecule has 5 nitrogen and oxygen atoms in total. The Labute approximate surface area is 148 Å². The number of rotatable bonds is 4. The van der Waals surface area contributed by atoms with Crippen LogP contribution in [0.15, 0.2) is 47.0 Å². The van der Waals surface area contributed by atoms with Gasteiger partial charge in [-0.2, -0.15) is 5.10 Å². The molecule has 0 aliphatic rings. The molecule has 2 heterocycles. The zero-order chi connectivity index (χ0) is 17.1. The fraction of sp³-hybridized carbons (Fsp3) is 0.118. The van der Waals surface area contributed by atoms with E-state index in [1.807, 2.05) is 25.3 Å². The lowest BCUT2D eigenvalue weighted by atomic mass is 10.2. The summed E-state index contributed by atoms with van der Waals surface area (Å²) in [6.07, 6.45) is 3.42. The number of carbonyl (C=O) groups excluding carboxylic acids is 1. The molecule has 1 N–H and O–H groups in total. The highest BCUT2D eigenvalue weighted by atomic mass is 35.5. The van der Waals surface area contributed by atoms with E-state index in [0.717, 1.165) is 22.1 Å². The van der Waals surface area contributed by atoms with Crippen molar-refractivity contribution in [1.29, 1.82) is 0 Å². The molecule has 0 unspecified atom stereocenters. The third-order valence-electron chi connectivity index (χ3n) is 3.56. The molecule has 0 saturated heterocycles. The third kappa shape index (κ3) is 3.39. The van der Waals surface area contributed by atoms with E-state index in [2.05, 4.69) is 20.1 Å². The van der Waals surface area contributed by atoms with Crippen molar-refractivity contribution in [2.75, 3.05) is 0 Å². The molecule has 0 aliphatic carbocycles. The Kier molecular flexibility index (Phi) is 4.78. The van der Waals surface area contributed by atoms with Gasteiger partial charge in [-0.1, -0.05) is 11.6 Å². The van der Waals surface area contributed by atoms with Gasteiger partial charge < -0.3 is 0 Å². The fourth-order valence-corrected chi connectivity index (χ4v) is 3.24. The lowest BCUT2D eigenvalue weighted by Gasteiger charge is -2.04. The quantitative estimate of drug-likeness (QED) is 0.566. The topological polar surface area (TPSA) is 59.3 Å². The number of benzene rings is 1. The van der Waals surface area contributed by atoms with E-state index in [-0.39, 0.29) is 5.91 Å². The van der Waals surface area contributed by atoms with Gasteiger partial charge in [-0.3, -0.25) is 9.36 Å². The van der Waals surface area contributed by atoms with Crippen LogP contribution >= 0.6 is 22.9 Å². The van der Waals surface area contributed by atoms with Crippen molar-refractivity contribution in [3.05, 3.63) is 69.4 Å². The first-order valence-electron chi connectivity index (χ1n) is 7.24. The molecule has 1 aromatic carbocycles. The second-order valence-electron chi connectivity index (χ2n) is 5.18. The van der Waals surface area contributed by atoms with E-state index >= 15 is 0 Å². The highest BCUT2D eigenvalue weighted by Crippen LogP contribution is 2.21. The number of amides is 1. The summed E-state index contributed by atoms with van der Waals surface area (Å²) in [5.74, 6) is -0.281. The molecule has 3 rings (SSSR count). The van der Waals surface area contributed by atoms with Crippen molar-refractivity contribution in [1.82, 2.24) is 15.0 Å². The number of carbonyl (C=O) groups is 1. The van der Waals surface area contributed by atoms with Gasteiger partial charge in [-0.15, -0.1) is 11.3 Å². The highest BCUT2D eigenvalue weighted by molar-refractivity contribution is 7.12. The summed E-state index contributed by atoms with van der Waals surface area (Å²) in [6.45, 7) is 4.01. The Bertz CT molecular complexity index is 882. The summed E-state index contributed by atoms with van der Waals surface area (Å²) in [5, 5.41) is 7.49. The van der Waals surface area contributed by atoms with E-state index in [0.29, 0.717) is 10.6 Å². The van der Waals surface area contributed by atoms with Gasteiger partial charge in [0.1, 0.15) is 0 Å². The van der Waals surface area contributed by atoms with Gasteiger partial charge in [0.15, 0.2) is 5.13 Å². The van der Waals surface area contributed by atoms with E-state index in [1.54, 1.807) is 48.0 Å². The second-order valence-corrected chi connectivity index (χ2v) is 6.49. The van der Waals surface area contributed by atoms with Crippen molar-refractivity contribution < 1.29 is 4.79 Å². The predicted molar refractivity (Wildman–Crippen MR) is 97.4 cm³/mol. The smallest absolute Gasteiger partial charge is 0.271 e. The van der Waals surface area contributed by atoms with Crippen molar-refractivity contribution in [3.8, 4) is 5.13 Å². The molecule has 0 fully saturated rings. The monoisotopic (exact) mass is 358 g/mol. The summed E-state index contributed by atoms with van der Waals surface area (Å²) >= 11 is 7.38. The largest absolute Gasteiger partial charge is 0.294 e. The Hall–Kier alpha value is -2.44. The highest BCUT2D eigenvalue weighted by Gasteiger charge is 2.11. The number of thiazole rings is 1. The van der Waals surface area contributed by atoms with Gasteiger partial charge >= 0.3 is 0 Å². The van der Waals surface area contributed by atoms with Gasteiger partial charge in [0, 0.05) is 39.1 Å². The Morgan fingerprint density at radius 3 is 2.75 bits per heavy atom. The van der Waals surface area contributed by atoms with Gasteiger partial charge in [-0.25, -0.2) is 10.4 Å². The first-order valence-corrected chi connectivity index (χ1v) is 8.50. The maximum atomic E-state index is 12.0. The molecule has 24 heavy (non-hydrogen) atoms. The van der Waals surface area contributed by atoms with Gasteiger partial charge in [0.25, 0.3) is 5.91 Å². The van der Waals surface area contributed by atoms with Crippen molar-refractivity contribution in [2.24, 2.45) is 5.10 Å². The van der Waals surface area contributed by atoms with E-state index < -0.39 is 0 Å². The standard InChI is InChI=1S/C17H15ClN4OS/c1-11-9-14(12(2)22(11)17-19-7-8-24-17)10-20-21-16(23)13-3-5-15(18)6-4-13/h3-10H,1-2H3,(H,21,23)/b20-10-. The molecule has 0 atom stereocenters. The Morgan fingerprint density at radius 1 is 1.33 bits per heavy atom. The van der Waals surface area contributed by atoms with Crippen molar-refractivity contribution in [2.45, 2.75) is 13.8 Å². The summed E-state index contributed by atoms with van der Waals surface area (Å²) in [7, 11) is 0. The molecule has 122 valence electrons. The van der Waals surface area contributed by atoms with E-state index in [9.17, 15) is 4.79 Å². The summed E-state index contributed by atoms with van der Waals surface area (Å²) in [5.41, 5.74) is 6.04. The number of aryl methyl sites for hydroxylation is 1. The molecule has 0 aliphatic heterocycles. The number of hydrogen-bond donors (Lipinski definition) is 1. The molecule has 0 bridgehead atoms. The van der Waals surface area contributed by atoms with Crippen LogP contribution in [0.3, 0.4) is 0 Å².